The van der Waals surface area contributed by atoms with E-state index in [2.05, 4.69) is 15.9 Å². The zero-order chi connectivity index (χ0) is 23.7. The molecule has 0 bridgehead atoms. The molecule has 1 aliphatic rings. The van der Waals surface area contributed by atoms with E-state index in [0.29, 0.717) is 5.56 Å². The van der Waals surface area contributed by atoms with Crippen molar-refractivity contribution in [3.05, 3.63) is 92.4 Å². The van der Waals surface area contributed by atoms with Crippen molar-refractivity contribution >= 4 is 56.8 Å². The fourth-order valence-corrected chi connectivity index (χ4v) is 3.89. The van der Waals surface area contributed by atoms with Crippen molar-refractivity contribution in [2.24, 2.45) is 0 Å². The molecule has 1 heterocycles. The van der Waals surface area contributed by atoms with Gasteiger partial charge in [-0.15, -0.1) is 0 Å². The van der Waals surface area contributed by atoms with Gasteiger partial charge in [0.15, 0.2) is 12.4 Å². The lowest BCUT2D eigenvalue weighted by molar-refractivity contribution is 0.0471. The Morgan fingerprint density at radius 1 is 0.970 bits per heavy atom. The van der Waals surface area contributed by atoms with E-state index in [1.165, 1.54) is 19.2 Å². The molecule has 9 heteroatoms. The number of anilines is 1. The maximum absolute atomic E-state index is 12.8. The summed E-state index contributed by atoms with van der Waals surface area (Å²) < 4.78 is 11.2. The number of nitrogens with zero attached hydrogens (tertiary/aromatic N) is 1. The van der Waals surface area contributed by atoms with Crippen LogP contribution in [0.1, 0.15) is 41.4 Å². The number of rotatable bonds is 6. The van der Waals surface area contributed by atoms with Gasteiger partial charge in [-0.05, 0) is 30.3 Å². The molecule has 0 unspecified atom stereocenters. The van der Waals surface area contributed by atoms with Crippen LogP contribution in [0.4, 0.5) is 5.69 Å². The van der Waals surface area contributed by atoms with Crippen LogP contribution in [0.5, 0.6) is 5.75 Å². The van der Waals surface area contributed by atoms with Crippen LogP contribution in [0.2, 0.25) is 5.02 Å². The summed E-state index contributed by atoms with van der Waals surface area (Å²) in [7, 11) is 1.32. The average Bonchev–Trinajstić information content (AvgIpc) is 3.07. The van der Waals surface area contributed by atoms with Crippen LogP contribution < -0.4 is 9.64 Å². The summed E-state index contributed by atoms with van der Waals surface area (Å²) in [4.78, 5) is 51.4. The summed E-state index contributed by atoms with van der Waals surface area (Å²) in [6.45, 7) is -0.485. The molecule has 0 N–H and O–H groups in total. The number of esters is 1. The van der Waals surface area contributed by atoms with Crippen LogP contribution in [0.3, 0.4) is 0 Å². The molecule has 0 fully saturated rings. The predicted molar refractivity (Wildman–Crippen MR) is 124 cm³/mol. The first-order chi connectivity index (χ1) is 15.8. The Labute approximate surface area is 202 Å². The molecule has 2 amide bonds. The molecular weight excluding hydrogens is 514 g/mol. The lowest BCUT2D eigenvalue weighted by atomic mass is 10.1. The van der Waals surface area contributed by atoms with Crippen LogP contribution in [-0.4, -0.2) is 37.3 Å². The molecular formula is C24H15BrClNO6. The number of methoxy groups -OCH3 is 1. The first-order valence-corrected chi connectivity index (χ1v) is 10.8. The van der Waals surface area contributed by atoms with Gasteiger partial charge in [0.05, 0.1) is 28.9 Å². The number of hydrogen-bond donors (Lipinski definition) is 0. The molecule has 166 valence electrons. The van der Waals surface area contributed by atoms with E-state index >= 15 is 0 Å². The second-order valence-electron chi connectivity index (χ2n) is 7.00. The third kappa shape index (κ3) is 4.27. The van der Waals surface area contributed by atoms with Gasteiger partial charge in [-0.3, -0.25) is 14.4 Å². The number of imide groups is 1. The zero-order valence-corrected chi connectivity index (χ0v) is 19.5. The highest BCUT2D eigenvalue weighted by atomic mass is 79.9. The molecule has 0 atom stereocenters. The molecule has 7 nitrogen and oxygen atoms in total. The van der Waals surface area contributed by atoms with Crippen LogP contribution in [0.25, 0.3) is 0 Å². The number of carbonyl (C=O) groups is 4. The maximum Gasteiger partial charge on any atom is 0.342 e. The van der Waals surface area contributed by atoms with E-state index in [1.807, 2.05) is 0 Å². The molecule has 33 heavy (non-hydrogen) atoms. The molecule has 0 spiro atoms. The van der Waals surface area contributed by atoms with E-state index in [9.17, 15) is 19.2 Å². The van der Waals surface area contributed by atoms with Crippen molar-refractivity contribution in [2.45, 2.75) is 0 Å². The Balaban J connectivity index is 1.57. The van der Waals surface area contributed by atoms with Crippen LogP contribution in [0, 0.1) is 0 Å². The van der Waals surface area contributed by atoms with E-state index in [-0.39, 0.29) is 38.9 Å². The predicted octanol–water partition coefficient (Wildman–Crippen LogP) is 4.95. The normalized spacial score (nSPS) is 12.5. The van der Waals surface area contributed by atoms with Crippen molar-refractivity contribution in [2.75, 3.05) is 18.6 Å². The van der Waals surface area contributed by atoms with E-state index < -0.39 is 24.4 Å². The van der Waals surface area contributed by atoms with Crippen molar-refractivity contribution < 1.29 is 28.7 Å². The van der Waals surface area contributed by atoms with Crippen molar-refractivity contribution in [3.63, 3.8) is 0 Å². The number of ketones is 1. The smallest absolute Gasteiger partial charge is 0.342 e. The number of benzene rings is 3. The lowest BCUT2D eigenvalue weighted by Gasteiger charge is -2.18. The largest absolute Gasteiger partial charge is 0.496 e. The molecule has 1 aliphatic heterocycles. The standard InChI is InChI=1S/C24H15BrClNO6/c1-32-21-11-19(27-22(29)15-4-2-3-5-16(15)23(27)30)18(26)10-17(21)24(31)33-12-20(28)13-6-8-14(25)9-7-13/h2-11H,12H2,1H3. The van der Waals surface area contributed by atoms with Crippen LogP contribution in [0.15, 0.2) is 65.1 Å². The van der Waals surface area contributed by atoms with Gasteiger partial charge in [0.2, 0.25) is 0 Å². The zero-order valence-electron chi connectivity index (χ0n) is 17.1. The third-order valence-corrected chi connectivity index (χ3v) is 5.86. The lowest BCUT2D eigenvalue weighted by Crippen LogP contribution is -2.29. The topological polar surface area (TPSA) is 90.0 Å². The van der Waals surface area contributed by atoms with Gasteiger partial charge in [0.1, 0.15) is 11.3 Å². The Bertz CT molecular complexity index is 1270. The summed E-state index contributed by atoms with van der Waals surface area (Å²) in [5.41, 5.74) is 0.922. The number of amides is 2. The Morgan fingerprint density at radius 3 is 2.15 bits per heavy atom. The first kappa shape index (κ1) is 22.7. The molecule has 0 aromatic heterocycles. The minimum absolute atomic E-state index is 0.0310. The molecule has 0 radical (unpaired) electrons. The Morgan fingerprint density at radius 2 is 1.58 bits per heavy atom. The highest BCUT2D eigenvalue weighted by Gasteiger charge is 2.38. The van der Waals surface area contributed by atoms with E-state index in [1.54, 1.807) is 48.5 Å². The van der Waals surface area contributed by atoms with E-state index in [0.717, 1.165) is 9.37 Å². The van der Waals surface area contributed by atoms with E-state index in [4.69, 9.17) is 21.1 Å². The Hall–Kier alpha value is -3.49. The highest BCUT2D eigenvalue weighted by Crippen LogP contribution is 2.38. The molecule has 3 aromatic carbocycles. The monoisotopic (exact) mass is 527 g/mol. The average molecular weight is 529 g/mol. The van der Waals surface area contributed by atoms with Crippen molar-refractivity contribution in [1.82, 2.24) is 0 Å². The molecule has 0 saturated carbocycles. The molecule has 0 saturated heterocycles. The minimum Gasteiger partial charge on any atom is -0.496 e. The van der Waals surface area contributed by atoms with Gasteiger partial charge in [-0.2, -0.15) is 0 Å². The van der Waals surface area contributed by atoms with Gasteiger partial charge in [-0.25, -0.2) is 9.69 Å². The Kier molecular flexibility index (Phi) is 6.31. The molecule has 0 aliphatic carbocycles. The summed E-state index contributed by atoms with van der Waals surface area (Å²) >= 11 is 9.64. The third-order valence-electron chi connectivity index (χ3n) is 5.02. The van der Waals surface area contributed by atoms with Gasteiger partial charge in [-0.1, -0.05) is 51.8 Å². The van der Waals surface area contributed by atoms with Crippen molar-refractivity contribution in [3.8, 4) is 5.75 Å². The van der Waals surface area contributed by atoms with Gasteiger partial charge >= 0.3 is 5.97 Å². The fourth-order valence-electron chi connectivity index (χ4n) is 3.38. The minimum atomic E-state index is -0.840. The summed E-state index contributed by atoms with van der Waals surface area (Å²) in [6, 6.07) is 15.6. The number of ether oxygens (including phenoxy) is 2. The number of halogens is 2. The number of Topliss-reactive ketones (excluding diaryl/α,β-unsaturated/α-hetero) is 1. The summed E-state index contributed by atoms with van der Waals surface area (Å²) in [5, 5.41) is -0.0310. The number of hydrogen-bond acceptors (Lipinski definition) is 6. The second kappa shape index (κ2) is 9.17. The van der Waals surface area contributed by atoms with Crippen LogP contribution in [-0.2, 0) is 4.74 Å². The summed E-state index contributed by atoms with van der Waals surface area (Å²) in [5.74, 6) is -2.26. The highest BCUT2D eigenvalue weighted by molar-refractivity contribution is 9.10. The van der Waals surface area contributed by atoms with Gasteiger partial charge < -0.3 is 9.47 Å². The molecule has 4 rings (SSSR count). The first-order valence-electron chi connectivity index (χ1n) is 9.63. The maximum atomic E-state index is 12.8. The second-order valence-corrected chi connectivity index (χ2v) is 8.32. The quantitative estimate of drug-likeness (QED) is 0.255. The van der Waals surface area contributed by atoms with Gasteiger partial charge in [0.25, 0.3) is 11.8 Å². The van der Waals surface area contributed by atoms with Gasteiger partial charge in [0, 0.05) is 16.1 Å². The summed E-state index contributed by atoms with van der Waals surface area (Å²) in [6.07, 6.45) is 0. The fraction of sp³-hybridized carbons (Fsp3) is 0.0833. The number of carbonyl (C=O) groups excluding carboxylic acids is 4. The van der Waals surface area contributed by atoms with Crippen molar-refractivity contribution in [1.29, 1.82) is 0 Å². The SMILES string of the molecule is COc1cc(N2C(=O)c3ccccc3C2=O)c(Cl)cc1C(=O)OCC(=O)c1ccc(Br)cc1. The molecule has 3 aromatic rings. The number of fused-ring (bicyclic) bond motifs is 1. The van der Waals surface area contributed by atoms with Crippen LogP contribution >= 0.6 is 27.5 Å².